The van der Waals surface area contributed by atoms with Gasteiger partial charge in [-0.05, 0) is 12.8 Å². The maximum Gasteiger partial charge on any atom is 0.310 e. The number of nitrogens with zero attached hydrogens (tertiary/aromatic N) is 1. The second-order valence-electron chi connectivity index (χ2n) is 5.93. The predicted octanol–water partition coefficient (Wildman–Crippen LogP) is -0.687. The average molecular weight is 298 g/mol. The monoisotopic (exact) mass is 298 g/mol. The van der Waals surface area contributed by atoms with Crippen LogP contribution in [0.2, 0.25) is 0 Å². The van der Waals surface area contributed by atoms with Crippen molar-refractivity contribution < 1.29 is 24.2 Å². The van der Waals surface area contributed by atoms with Gasteiger partial charge in [0, 0.05) is 26.2 Å². The molecule has 4 atom stereocenters. The van der Waals surface area contributed by atoms with Gasteiger partial charge in [0.05, 0.1) is 37.3 Å². The van der Waals surface area contributed by atoms with E-state index in [9.17, 15) is 14.7 Å². The number of hydrogen-bond acceptors (Lipinski definition) is 5. The minimum Gasteiger partial charge on any atom is -0.481 e. The Balaban J connectivity index is 1.49. The summed E-state index contributed by atoms with van der Waals surface area (Å²) in [5.74, 6) is -2.32. The van der Waals surface area contributed by atoms with Gasteiger partial charge in [-0.1, -0.05) is 0 Å². The first kappa shape index (κ1) is 14.7. The first-order valence-electron chi connectivity index (χ1n) is 7.63. The molecule has 3 aliphatic heterocycles. The molecule has 3 heterocycles. The number of morpholine rings is 1. The molecule has 0 aromatic rings. The van der Waals surface area contributed by atoms with Crippen molar-refractivity contribution in [2.45, 2.75) is 25.0 Å². The van der Waals surface area contributed by atoms with Gasteiger partial charge in [-0.3, -0.25) is 14.5 Å². The van der Waals surface area contributed by atoms with E-state index in [1.54, 1.807) is 0 Å². The lowest BCUT2D eigenvalue weighted by Gasteiger charge is -2.27. The maximum atomic E-state index is 12.3. The molecule has 7 nitrogen and oxygen atoms in total. The molecule has 0 aromatic carbocycles. The second-order valence-corrected chi connectivity index (χ2v) is 5.93. The molecule has 0 radical (unpaired) electrons. The Bertz CT molecular complexity index is 410. The minimum absolute atomic E-state index is 0.178. The summed E-state index contributed by atoms with van der Waals surface area (Å²) in [6.07, 6.45) is 1.02. The molecular weight excluding hydrogens is 276 g/mol. The van der Waals surface area contributed by atoms with Gasteiger partial charge in [-0.2, -0.15) is 0 Å². The van der Waals surface area contributed by atoms with E-state index in [1.807, 2.05) is 0 Å². The van der Waals surface area contributed by atoms with E-state index in [-0.39, 0.29) is 18.1 Å². The molecule has 0 saturated carbocycles. The van der Waals surface area contributed by atoms with Gasteiger partial charge in [0.2, 0.25) is 5.91 Å². The summed E-state index contributed by atoms with van der Waals surface area (Å²) in [6, 6.07) is 0. The van der Waals surface area contributed by atoms with Crippen molar-refractivity contribution in [3.63, 3.8) is 0 Å². The van der Waals surface area contributed by atoms with E-state index in [0.717, 1.165) is 45.7 Å². The summed E-state index contributed by atoms with van der Waals surface area (Å²) in [5, 5.41) is 12.2. The van der Waals surface area contributed by atoms with E-state index < -0.39 is 17.8 Å². The molecular formula is C14H22N2O5. The van der Waals surface area contributed by atoms with Gasteiger partial charge >= 0.3 is 5.97 Å². The SMILES string of the molecule is O=C(O)C1C(C(=O)NCCN2CCOCC2)[C@H]2CC[C@H]1O2. The fraction of sp³-hybridized carbons (Fsp3) is 0.857. The van der Waals surface area contributed by atoms with E-state index in [0.29, 0.717) is 6.54 Å². The van der Waals surface area contributed by atoms with E-state index in [1.165, 1.54) is 0 Å². The first-order chi connectivity index (χ1) is 10.2. The number of carboxylic acids is 1. The van der Waals surface area contributed by atoms with Crippen molar-refractivity contribution in [2.24, 2.45) is 11.8 Å². The molecule has 2 bridgehead atoms. The number of nitrogens with one attached hydrogen (secondary N) is 1. The average Bonchev–Trinajstić information content (AvgIpc) is 3.08. The van der Waals surface area contributed by atoms with E-state index in [4.69, 9.17) is 9.47 Å². The lowest BCUT2D eigenvalue weighted by molar-refractivity contribution is -0.147. The highest BCUT2D eigenvalue weighted by molar-refractivity contribution is 5.86. The van der Waals surface area contributed by atoms with Gasteiger partial charge in [-0.25, -0.2) is 0 Å². The Labute approximate surface area is 123 Å². The molecule has 2 unspecified atom stereocenters. The number of fused-ring (bicyclic) bond motifs is 2. The van der Waals surface area contributed by atoms with E-state index >= 15 is 0 Å². The molecule has 3 aliphatic rings. The smallest absolute Gasteiger partial charge is 0.310 e. The number of ether oxygens (including phenoxy) is 2. The molecule has 0 aromatic heterocycles. The standard InChI is InChI=1S/C14H22N2O5/c17-13(15-3-4-16-5-7-20-8-6-16)11-9-1-2-10(21-9)12(11)14(18)19/h9-12H,1-8H2,(H,15,17)(H,18,19)/t9-,10-,11?,12?/m1/s1. The molecule has 3 fully saturated rings. The summed E-state index contributed by atoms with van der Waals surface area (Å²) >= 11 is 0. The molecule has 0 aliphatic carbocycles. The molecule has 118 valence electrons. The number of amides is 1. The molecule has 1 amide bonds. The van der Waals surface area contributed by atoms with Crippen LogP contribution in [0, 0.1) is 11.8 Å². The largest absolute Gasteiger partial charge is 0.481 e. The number of rotatable bonds is 5. The normalized spacial score (nSPS) is 35.8. The Morgan fingerprint density at radius 1 is 1.14 bits per heavy atom. The molecule has 21 heavy (non-hydrogen) atoms. The summed E-state index contributed by atoms with van der Waals surface area (Å²) in [6.45, 7) is 4.54. The van der Waals surface area contributed by atoms with Crippen molar-refractivity contribution in [3.05, 3.63) is 0 Å². The highest BCUT2D eigenvalue weighted by Crippen LogP contribution is 2.43. The maximum absolute atomic E-state index is 12.3. The fourth-order valence-corrected chi connectivity index (χ4v) is 3.60. The number of carboxylic acid groups (broad SMARTS) is 1. The van der Waals surface area contributed by atoms with Gasteiger partial charge < -0.3 is 19.9 Å². The van der Waals surface area contributed by atoms with Crippen molar-refractivity contribution >= 4 is 11.9 Å². The van der Waals surface area contributed by atoms with Gasteiger partial charge in [-0.15, -0.1) is 0 Å². The summed E-state index contributed by atoms with van der Waals surface area (Å²) in [7, 11) is 0. The van der Waals surface area contributed by atoms with Crippen molar-refractivity contribution in [3.8, 4) is 0 Å². The Morgan fingerprint density at radius 3 is 2.48 bits per heavy atom. The Kier molecular flexibility index (Phi) is 4.42. The van der Waals surface area contributed by atoms with Crippen molar-refractivity contribution in [2.75, 3.05) is 39.4 Å². The number of hydrogen-bond donors (Lipinski definition) is 2. The first-order valence-corrected chi connectivity index (χ1v) is 7.63. The van der Waals surface area contributed by atoms with Crippen molar-refractivity contribution in [1.82, 2.24) is 10.2 Å². The third-order valence-corrected chi connectivity index (χ3v) is 4.69. The van der Waals surface area contributed by atoms with Crippen LogP contribution in [0.25, 0.3) is 0 Å². The van der Waals surface area contributed by atoms with E-state index in [2.05, 4.69) is 10.2 Å². The lowest BCUT2D eigenvalue weighted by Crippen LogP contribution is -2.46. The zero-order valence-corrected chi connectivity index (χ0v) is 12.0. The quantitative estimate of drug-likeness (QED) is 0.699. The molecule has 7 heteroatoms. The van der Waals surface area contributed by atoms with Crippen LogP contribution in [0.1, 0.15) is 12.8 Å². The van der Waals surface area contributed by atoms with Crippen LogP contribution >= 0.6 is 0 Å². The van der Waals surface area contributed by atoms with Crippen LogP contribution in [0.15, 0.2) is 0 Å². The number of aliphatic carboxylic acids is 1. The van der Waals surface area contributed by atoms with Gasteiger partial charge in [0.15, 0.2) is 0 Å². The number of carbonyl (C=O) groups is 2. The summed E-state index contributed by atoms with van der Waals surface area (Å²) in [5.41, 5.74) is 0. The highest BCUT2D eigenvalue weighted by atomic mass is 16.5. The number of carbonyl (C=O) groups excluding carboxylic acids is 1. The van der Waals surface area contributed by atoms with Crippen LogP contribution in [-0.4, -0.2) is 73.5 Å². The predicted molar refractivity (Wildman–Crippen MR) is 72.8 cm³/mol. The fourth-order valence-electron chi connectivity index (χ4n) is 3.60. The molecule has 3 saturated heterocycles. The van der Waals surface area contributed by atoms with Gasteiger partial charge in [0.1, 0.15) is 0 Å². The second kappa shape index (κ2) is 6.29. The van der Waals surface area contributed by atoms with Crippen molar-refractivity contribution in [1.29, 1.82) is 0 Å². The molecule has 2 N–H and O–H groups in total. The molecule has 0 spiro atoms. The zero-order chi connectivity index (χ0) is 14.8. The van der Waals surface area contributed by atoms with Gasteiger partial charge in [0.25, 0.3) is 0 Å². The highest BCUT2D eigenvalue weighted by Gasteiger charge is 2.55. The third kappa shape index (κ3) is 3.04. The third-order valence-electron chi connectivity index (χ3n) is 4.69. The minimum atomic E-state index is -0.921. The van der Waals surface area contributed by atoms with Crippen LogP contribution in [0.3, 0.4) is 0 Å². The van der Waals surface area contributed by atoms with Crippen LogP contribution in [0.5, 0.6) is 0 Å². The zero-order valence-electron chi connectivity index (χ0n) is 12.0. The Hall–Kier alpha value is -1.18. The Morgan fingerprint density at radius 2 is 1.81 bits per heavy atom. The van der Waals surface area contributed by atoms with Crippen LogP contribution < -0.4 is 5.32 Å². The van der Waals surface area contributed by atoms with Crippen LogP contribution in [0.4, 0.5) is 0 Å². The van der Waals surface area contributed by atoms with Crippen LogP contribution in [-0.2, 0) is 19.1 Å². The topological polar surface area (TPSA) is 88.1 Å². The summed E-state index contributed by atoms with van der Waals surface area (Å²) in [4.78, 5) is 25.9. The lowest BCUT2D eigenvalue weighted by atomic mass is 9.79. The summed E-state index contributed by atoms with van der Waals surface area (Å²) < 4.78 is 10.9. The molecule has 3 rings (SSSR count).